The number of rotatable bonds is 7. The number of aromatic hydroxyl groups is 1. The molecule has 32 heavy (non-hydrogen) atoms. The summed E-state index contributed by atoms with van der Waals surface area (Å²) in [6.07, 6.45) is 0.886. The van der Waals surface area contributed by atoms with Gasteiger partial charge in [0.1, 0.15) is 5.75 Å². The van der Waals surface area contributed by atoms with Gasteiger partial charge < -0.3 is 16.2 Å². The molecule has 1 atom stereocenters. The molecule has 0 fully saturated rings. The Hall–Kier alpha value is -2.94. The maximum absolute atomic E-state index is 10.3. The average molecular weight is 431 g/mol. The quantitative estimate of drug-likeness (QED) is 0.338. The Balaban J connectivity index is 1.95. The van der Waals surface area contributed by atoms with E-state index in [1.54, 1.807) is 6.07 Å². The van der Waals surface area contributed by atoms with E-state index >= 15 is 0 Å². The van der Waals surface area contributed by atoms with Crippen molar-refractivity contribution in [2.75, 3.05) is 11.1 Å². The lowest BCUT2D eigenvalue weighted by molar-refractivity contribution is 0.465. The molecule has 3 rings (SSSR count). The maximum Gasteiger partial charge on any atom is 0.120 e. The minimum atomic E-state index is 0.00611. The van der Waals surface area contributed by atoms with Gasteiger partial charge in [0, 0.05) is 16.9 Å². The number of anilines is 2. The number of hydrogen-bond donors (Lipinski definition) is 3. The molecule has 0 aliphatic heterocycles. The van der Waals surface area contributed by atoms with Gasteiger partial charge >= 0.3 is 0 Å². The minimum Gasteiger partial charge on any atom is -0.508 e. The number of aryl methyl sites for hydroxylation is 2. The molecule has 3 aromatic carbocycles. The van der Waals surface area contributed by atoms with E-state index in [1.165, 1.54) is 27.8 Å². The van der Waals surface area contributed by atoms with E-state index in [1.807, 2.05) is 18.2 Å². The van der Waals surface area contributed by atoms with Crippen molar-refractivity contribution in [3.63, 3.8) is 0 Å². The van der Waals surface area contributed by atoms with Gasteiger partial charge in [-0.05, 0) is 78.5 Å². The van der Waals surface area contributed by atoms with Crippen LogP contribution in [0.3, 0.4) is 0 Å². The van der Waals surface area contributed by atoms with Gasteiger partial charge in [-0.3, -0.25) is 0 Å². The summed E-state index contributed by atoms with van der Waals surface area (Å²) in [4.78, 5) is 0. The van der Waals surface area contributed by atoms with Crippen LogP contribution in [0.25, 0.3) is 0 Å². The highest BCUT2D eigenvalue weighted by Crippen LogP contribution is 2.35. The lowest BCUT2D eigenvalue weighted by atomic mass is 9.90. The summed E-state index contributed by atoms with van der Waals surface area (Å²) < 4.78 is 0. The molecule has 0 amide bonds. The summed E-state index contributed by atoms with van der Waals surface area (Å²) in [7, 11) is 0. The summed E-state index contributed by atoms with van der Waals surface area (Å²) in [5, 5.41) is 13.9. The molecule has 0 aliphatic carbocycles. The van der Waals surface area contributed by atoms with Crippen LogP contribution >= 0.6 is 0 Å². The molecule has 1 unspecified atom stereocenters. The van der Waals surface area contributed by atoms with Crippen molar-refractivity contribution in [3.8, 4) is 5.75 Å². The van der Waals surface area contributed by atoms with E-state index in [9.17, 15) is 5.11 Å². The van der Waals surface area contributed by atoms with Crippen molar-refractivity contribution in [1.29, 1.82) is 0 Å². The fourth-order valence-corrected chi connectivity index (χ4v) is 4.51. The molecule has 0 saturated carbocycles. The lowest BCUT2D eigenvalue weighted by Crippen LogP contribution is -2.11. The number of para-hydroxylation sites is 1. The molecule has 0 saturated heterocycles. The van der Waals surface area contributed by atoms with E-state index in [4.69, 9.17) is 5.73 Å². The van der Waals surface area contributed by atoms with Crippen molar-refractivity contribution in [2.45, 2.75) is 72.8 Å². The van der Waals surface area contributed by atoms with Gasteiger partial charge in [-0.15, -0.1) is 0 Å². The van der Waals surface area contributed by atoms with Crippen LogP contribution in [0.1, 0.15) is 91.4 Å². The largest absolute Gasteiger partial charge is 0.508 e. The fraction of sp³-hybridized carbons (Fsp3) is 0.379. The topological polar surface area (TPSA) is 58.3 Å². The van der Waals surface area contributed by atoms with Crippen LogP contribution in [0.5, 0.6) is 5.75 Å². The summed E-state index contributed by atoms with van der Waals surface area (Å²) in [6.45, 7) is 15.2. The maximum atomic E-state index is 10.3. The van der Waals surface area contributed by atoms with Gasteiger partial charge in [-0.25, -0.2) is 0 Å². The lowest BCUT2D eigenvalue weighted by Gasteiger charge is -2.24. The molecule has 170 valence electrons. The second kappa shape index (κ2) is 9.68. The zero-order valence-electron chi connectivity index (χ0n) is 20.6. The number of phenols is 1. The van der Waals surface area contributed by atoms with Gasteiger partial charge in [0.2, 0.25) is 0 Å². The third-order valence-corrected chi connectivity index (χ3v) is 6.32. The molecule has 0 heterocycles. The molecule has 0 aliphatic rings. The summed E-state index contributed by atoms with van der Waals surface area (Å²) in [5.74, 6) is 1.11. The summed E-state index contributed by atoms with van der Waals surface area (Å²) in [5.41, 5.74) is 16.9. The molecule has 0 radical (unpaired) electrons. The number of nitrogen functional groups attached to an aromatic ring is 1. The molecule has 0 bridgehead atoms. The Labute approximate surface area is 193 Å². The van der Waals surface area contributed by atoms with Gasteiger partial charge in [0.05, 0.1) is 6.04 Å². The zero-order chi connectivity index (χ0) is 23.6. The second-order valence-electron chi connectivity index (χ2n) is 9.70. The normalized spacial score (nSPS) is 12.4. The van der Waals surface area contributed by atoms with Crippen LogP contribution in [0, 0.1) is 13.8 Å². The fourth-order valence-electron chi connectivity index (χ4n) is 4.51. The van der Waals surface area contributed by atoms with Crippen LogP contribution in [0.15, 0.2) is 48.5 Å². The van der Waals surface area contributed by atoms with Crippen molar-refractivity contribution in [1.82, 2.24) is 0 Å². The van der Waals surface area contributed by atoms with Crippen molar-refractivity contribution in [3.05, 3.63) is 87.5 Å². The first-order valence-corrected chi connectivity index (χ1v) is 11.6. The third kappa shape index (κ3) is 5.09. The predicted molar refractivity (Wildman–Crippen MR) is 138 cm³/mol. The second-order valence-corrected chi connectivity index (χ2v) is 9.70. The molecular formula is C29H38N2O. The van der Waals surface area contributed by atoms with E-state index in [0.717, 1.165) is 28.9 Å². The van der Waals surface area contributed by atoms with E-state index < -0.39 is 0 Å². The van der Waals surface area contributed by atoms with Gasteiger partial charge in [-0.1, -0.05) is 70.2 Å². The number of nitrogens with one attached hydrogen (secondary N) is 1. The molecule has 3 heteroatoms. The van der Waals surface area contributed by atoms with E-state index in [-0.39, 0.29) is 6.04 Å². The average Bonchev–Trinajstić information content (AvgIpc) is 2.72. The van der Waals surface area contributed by atoms with Crippen LogP contribution in [0.4, 0.5) is 11.4 Å². The predicted octanol–water partition coefficient (Wildman–Crippen LogP) is 7.60. The molecule has 3 nitrogen and oxygen atoms in total. The number of nitrogens with two attached hydrogens (primary N) is 1. The summed E-state index contributed by atoms with van der Waals surface area (Å²) >= 11 is 0. The minimum absolute atomic E-state index is 0.00611. The number of phenolic OH excluding ortho intramolecular Hbond substituents is 1. The van der Waals surface area contributed by atoms with Crippen LogP contribution < -0.4 is 11.1 Å². The Morgan fingerprint density at radius 2 is 1.34 bits per heavy atom. The smallest absolute Gasteiger partial charge is 0.120 e. The Bertz CT molecular complexity index is 1100. The highest BCUT2D eigenvalue weighted by Gasteiger charge is 2.17. The number of hydrogen-bond acceptors (Lipinski definition) is 3. The molecular weight excluding hydrogens is 392 g/mol. The highest BCUT2D eigenvalue weighted by atomic mass is 16.3. The van der Waals surface area contributed by atoms with Gasteiger partial charge in [0.15, 0.2) is 0 Å². The Morgan fingerprint density at radius 3 is 1.94 bits per heavy atom. The number of benzene rings is 3. The molecule has 0 aromatic heterocycles. The molecule has 4 N–H and O–H groups in total. The Kier molecular flexibility index (Phi) is 7.18. The first-order valence-electron chi connectivity index (χ1n) is 11.6. The van der Waals surface area contributed by atoms with E-state index in [0.29, 0.717) is 17.6 Å². The Morgan fingerprint density at radius 1 is 0.781 bits per heavy atom. The third-order valence-electron chi connectivity index (χ3n) is 6.32. The first kappa shape index (κ1) is 23.7. The molecule has 3 aromatic rings. The van der Waals surface area contributed by atoms with Crippen LogP contribution in [-0.4, -0.2) is 5.11 Å². The standard InChI is InChI=1S/C29H38N2O/c1-17(2)25-15-22(12-19(5)28(25)30)14-23-13-20(6)29(26(16-23)18(3)4)31-21(7)24-10-8-9-11-27(24)32/h8-13,15-18,21,31-32H,14,30H2,1-7H3. The van der Waals surface area contributed by atoms with Crippen LogP contribution in [0.2, 0.25) is 0 Å². The summed E-state index contributed by atoms with van der Waals surface area (Å²) in [6, 6.07) is 16.6. The highest BCUT2D eigenvalue weighted by molar-refractivity contribution is 5.62. The van der Waals surface area contributed by atoms with Crippen molar-refractivity contribution >= 4 is 11.4 Å². The van der Waals surface area contributed by atoms with Crippen molar-refractivity contribution in [2.24, 2.45) is 0 Å². The SMILES string of the molecule is Cc1cc(Cc2cc(C)c(NC(C)c3ccccc3O)c(C(C)C)c2)cc(C(C)C)c1N. The molecule has 0 spiro atoms. The zero-order valence-corrected chi connectivity index (χ0v) is 20.6. The van der Waals surface area contributed by atoms with E-state index in [2.05, 4.69) is 78.0 Å². The van der Waals surface area contributed by atoms with Crippen LogP contribution in [-0.2, 0) is 6.42 Å². The van der Waals surface area contributed by atoms with Crippen molar-refractivity contribution < 1.29 is 5.11 Å². The van der Waals surface area contributed by atoms with Gasteiger partial charge in [-0.2, -0.15) is 0 Å². The first-order chi connectivity index (χ1) is 15.1. The monoisotopic (exact) mass is 430 g/mol. The van der Waals surface area contributed by atoms with Gasteiger partial charge in [0.25, 0.3) is 0 Å².